The lowest BCUT2D eigenvalue weighted by molar-refractivity contribution is 0.234. The third-order valence-corrected chi connectivity index (χ3v) is 6.51. The number of hydrogen-bond donors (Lipinski definition) is 4. The van der Waals surface area contributed by atoms with E-state index in [9.17, 15) is 0 Å². The molecule has 36 heavy (non-hydrogen) atoms. The summed E-state index contributed by atoms with van der Waals surface area (Å²) >= 11 is 1.54. The van der Waals surface area contributed by atoms with Crippen LogP contribution in [0.3, 0.4) is 0 Å². The van der Waals surface area contributed by atoms with Crippen LogP contribution in [0.5, 0.6) is 11.5 Å². The van der Waals surface area contributed by atoms with E-state index < -0.39 is 0 Å². The SMILES string of the molecule is N=C(NO)c1ccc(OCCCCCOc2ccc(-c3nc(N)sc3Cc3ccccc3)cc2)cc1. The first-order valence-corrected chi connectivity index (χ1v) is 12.7. The van der Waals surface area contributed by atoms with Crippen molar-refractivity contribution < 1.29 is 14.7 Å². The van der Waals surface area contributed by atoms with Crippen LogP contribution >= 0.6 is 11.3 Å². The van der Waals surface area contributed by atoms with Crippen LogP contribution < -0.4 is 20.7 Å². The first-order chi connectivity index (χ1) is 17.6. The van der Waals surface area contributed by atoms with Crippen molar-refractivity contribution in [3.8, 4) is 22.8 Å². The van der Waals surface area contributed by atoms with Crippen molar-refractivity contribution in [2.45, 2.75) is 25.7 Å². The van der Waals surface area contributed by atoms with E-state index in [1.807, 2.05) is 47.9 Å². The van der Waals surface area contributed by atoms with Crippen molar-refractivity contribution in [1.29, 1.82) is 5.41 Å². The molecular weight excluding hydrogens is 472 g/mol. The Morgan fingerprint density at radius 2 is 1.47 bits per heavy atom. The number of benzene rings is 3. The summed E-state index contributed by atoms with van der Waals surface area (Å²) < 4.78 is 11.6. The van der Waals surface area contributed by atoms with Gasteiger partial charge in [0.15, 0.2) is 5.13 Å². The van der Waals surface area contributed by atoms with Crippen LogP contribution in [0.4, 0.5) is 5.13 Å². The molecule has 186 valence electrons. The smallest absolute Gasteiger partial charge is 0.180 e. The Morgan fingerprint density at radius 3 is 2.08 bits per heavy atom. The van der Waals surface area contributed by atoms with Gasteiger partial charge in [0.05, 0.1) is 18.9 Å². The summed E-state index contributed by atoms with van der Waals surface area (Å²) in [4.78, 5) is 5.73. The summed E-state index contributed by atoms with van der Waals surface area (Å²) in [6.45, 7) is 1.26. The van der Waals surface area contributed by atoms with Crippen LogP contribution in [0.25, 0.3) is 11.3 Å². The fourth-order valence-corrected chi connectivity index (χ4v) is 4.64. The first kappa shape index (κ1) is 25.2. The quantitative estimate of drug-likeness (QED) is 0.0828. The highest BCUT2D eigenvalue weighted by atomic mass is 32.1. The topological polar surface area (TPSA) is 113 Å². The van der Waals surface area contributed by atoms with Crippen molar-refractivity contribution in [1.82, 2.24) is 10.5 Å². The molecule has 4 aromatic rings. The Balaban J connectivity index is 1.18. The Morgan fingerprint density at radius 1 is 0.861 bits per heavy atom. The molecule has 0 bridgehead atoms. The van der Waals surface area contributed by atoms with Crippen LogP contribution in [-0.2, 0) is 6.42 Å². The largest absolute Gasteiger partial charge is 0.494 e. The van der Waals surface area contributed by atoms with Gasteiger partial charge in [0, 0.05) is 22.4 Å². The molecule has 5 N–H and O–H groups in total. The average Bonchev–Trinajstić information content (AvgIpc) is 3.28. The fourth-order valence-electron chi connectivity index (χ4n) is 3.75. The number of thiazole rings is 1. The number of ether oxygens (including phenoxy) is 2. The number of nitrogens with two attached hydrogens (primary N) is 1. The van der Waals surface area contributed by atoms with Gasteiger partial charge >= 0.3 is 0 Å². The molecule has 0 atom stereocenters. The van der Waals surface area contributed by atoms with Crippen LogP contribution in [0, 0.1) is 5.41 Å². The predicted molar refractivity (Wildman–Crippen MR) is 144 cm³/mol. The molecule has 0 radical (unpaired) electrons. The summed E-state index contributed by atoms with van der Waals surface area (Å²) in [6, 6.07) is 25.4. The number of nitrogens with one attached hydrogen (secondary N) is 2. The van der Waals surface area contributed by atoms with E-state index in [-0.39, 0.29) is 5.84 Å². The van der Waals surface area contributed by atoms with E-state index in [0.29, 0.717) is 23.9 Å². The van der Waals surface area contributed by atoms with Gasteiger partial charge in [-0.05, 0) is 73.4 Å². The van der Waals surface area contributed by atoms with Gasteiger partial charge in [0.1, 0.15) is 17.3 Å². The minimum absolute atomic E-state index is 0.0446. The lowest BCUT2D eigenvalue weighted by atomic mass is 10.1. The van der Waals surface area contributed by atoms with Crippen molar-refractivity contribution in [3.63, 3.8) is 0 Å². The Hall–Kier alpha value is -3.88. The first-order valence-electron chi connectivity index (χ1n) is 11.9. The molecule has 0 fully saturated rings. The highest BCUT2D eigenvalue weighted by Crippen LogP contribution is 2.32. The maximum atomic E-state index is 8.77. The van der Waals surface area contributed by atoms with Gasteiger partial charge in [-0.3, -0.25) is 16.1 Å². The summed E-state index contributed by atoms with van der Waals surface area (Å²) in [5.41, 5.74) is 11.7. The van der Waals surface area contributed by atoms with Gasteiger partial charge < -0.3 is 15.2 Å². The third-order valence-electron chi connectivity index (χ3n) is 5.63. The minimum atomic E-state index is -0.0446. The van der Waals surface area contributed by atoms with Gasteiger partial charge in [-0.2, -0.15) is 0 Å². The second-order valence-electron chi connectivity index (χ2n) is 8.28. The summed E-state index contributed by atoms with van der Waals surface area (Å²) in [7, 11) is 0. The van der Waals surface area contributed by atoms with Crippen LogP contribution in [-0.4, -0.2) is 29.2 Å². The number of hydrogen-bond acceptors (Lipinski definition) is 7. The standard InChI is InChI=1S/C28H30N4O3S/c29-27(32-33)22-11-15-24(16-12-22)35-18-6-2-5-17-34-23-13-9-21(10-14-23)26-25(36-28(30)31-26)19-20-7-3-1-4-8-20/h1,3-4,7-16,33H,2,5-6,17-19H2,(H2,29,32)(H2,30,31). The molecule has 0 amide bonds. The zero-order chi connectivity index (χ0) is 25.2. The number of nitrogens with zero attached hydrogens (tertiary/aromatic N) is 1. The van der Waals surface area contributed by atoms with Crippen LogP contribution in [0.2, 0.25) is 0 Å². The highest BCUT2D eigenvalue weighted by Gasteiger charge is 2.12. The highest BCUT2D eigenvalue weighted by molar-refractivity contribution is 7.15. The van der Waals surface area contributed by atoms with Crippen LogP contribution in [0.15, 0.2) is 78.9 Å². The van der Waals surface area contributed by atoms with E-state index in [2.05, 4.69) is 17.1 Å². The van der Waals surface area contributed by atoms with Crippen molar-refractivity contribution in [2.75, 3.05) is 18.9 Å². The summed E-state index contributed by atoms with van der Waals surface area (Å²) in [5, 5.41) is 16.9. The number of amidine groups is 1. The van der Waals surface area contributed by atoms with E-state index in [4.69, 9.17) is 25.8 Å². The van der Waals surface area contributed by atoms with Crippen LogP contribution in [0.1, 0.15) is 35.3 Å². The predicted octanol–water partition coefficient (Wildman–Crippen LogP) is 5.92. The van der Waals surface area contributed by atoms with E-state index in [1.165, 1.54) is 16.9 Å². The molecule has 7 nitrogen and oxygen atoms in total. The van der Waals surface area contributed by atoms with Crippen molar-refractivity contribution >= 4 is 22.3 Å². The molecule has 0 aliphatic rings. The number of rotatable bonds is 12. The minimum Gasteiger partial charge on any atom is -0.494 e. The zero-order valence-corrected chi connectivity index (χ0v) is 20.8. The maximum absolute atomic E-state index is 8.77. The molecule has 0 spiro atoms. The fraction of sp³-hybridized carbons (Fsp3) is 0.214. The van der Waals surface area contributed by atoms with E-state index >= 15 is 0 Å². The number of nitrogen functional groups attached to an aromatic ring is 1. The molecule has 0 aliphatic carbocycles. The monoisotopic (exact) mass is 502 g/mol. The zero-order valence-electron chi connectivity index (χ0n) is 19.9. The summed E-state index contributed by atoms with van der Waals surface area (Å²) in [5.74, 6) is 1.54. The van der Waals surface area contributed by atoms with Gasteiger partial charge in [-0.1, -0.05) is 30.3 Å². The molecule has 3 aromatic carbocycles. The lowest BCUT2D eigenvalue weighted by Crippen LogP contribution is -2.18. The Bertz CT molecular complexity index is 1240. The van der Waals surface area contributed by atoms with E-state index in [0.717, 1.165) is 53.3 Å². The Labute approximate surface area is 215 Å². The molecule has 0 saturated heterocycles. The molecule has 0 unspecified atom stereocenters. The molecule has 0 aliphatic heterocycles. The van der Waals surface area contributed by atoms with Crippen molar-refractivity contribution in [3.05, 3.63) is 94.9 Å². The average molecular weight is 503 g/mol. The molecule has 4 rings (SSSR count). The van der Waals surface area contributed by atoms with Gasteiger partial charge in [0.25, 0.3) is 0 Å². The molecule has 1 heterocycles. The normalized spacial score (nSPS) is 10.7. The summed E-state index contributed by atoms with van der Waals surface area (Å²) in [6.07, 6.45) is 3.67. The second-order valence-corrected chi connectivity index (χ2v) is 9.39. The maximum Gasteiger partial charge on any atom is 0.180 e. The van der Waals surface area contributed by atoms with Gasteiger partial charge in [-0.25, -0.2) is 4.98 Å². The molecular formula is C28H30N4O3S. The number of anilines is 1. The van der Waals surface area contributed by atoms with Gasteiger partial charge in [0.2, 0.25) is 0 Å². The Kier molecular flexibility index (Phi) is 8.91. The third kappa shape index (κ3) is 7.07. The second kappa shape index (κ2) is 12.7. The molecule has 1 aromatic heterocycles. The number of unbranched alkanes of at least 4 members (excludes halogenated alkanes) is 2. The molecule has 0 saturated carbocycles. The number of aromatic nitrogens is 1. The number of hydroxylamine groups is 1. The van der Waals surface area contributed by atoms with Crippen molar-refractivity contribution in [2.24, 2.45) is 0 Å². The van der Waals surface area contributed by atoms with E-state index in [1.54, 1.807) is 24.3 Å². The van der Waals surface area contributed by atoms with Gasteiger partial charge in [-0.15, -0.1) is 11.3 Å². The lowest BCUT2D eigenvalue weighted by Gasteiger charge is -2.09. The molecule has 8 heteroatoms.